The van der Waals surface area contributed by atoms with Gasteiger partial charge in [0.2, 0.25) is 0 Å². The maximum absolute atomic E-state index is 4.07. The summed E-state index contributed by atoms with van der Waals surface area (Å²) in [7, 11) is 0. The highest BCUT2D eigenvalue weighted by Gasteiger charge is 2.20. The van der Waals surface area contributed by atoms with E-state index in [0.717, 1.165) is 17.1 Å². The number of anilines is 2. The Morgan fingerprint density at radius 3 is 2.28 bits per heavy atom. The summed E-state index contributed by atoms with van der Waals surface area (Å²) >= 11 is 0. The number of aromatic nitrogens is 2. The molecule has 0 atom stereocenters. The third kappa shape index (κ3) is 1.29. The van der Waals surface area contributed by atoms with Crippen molar-refractivity contribution >= 4 is 22.1 Å². The van der Waals surface area contributed by atoms with E-state index in [1.54, 1.807) is 6.33 Å². The number of rotatable bonds is 1. The van der Waals surface area contributed by atoms with Crippen molar-refractivity contribution in [2.75, 3.05) is 10.6 Å². The van der Waals surface area contributed by atoms with Gasteiger partial charge in [-0.25, -0.2) is 4.98 Å². The predicted octanol–water partition coefficient (Wildman–Crippen LogP) is 3.10. The predicted molar refractivity (Wildman–Crippen MR) is 72.5 cm³/mol. The van der Waals surface area contributed by atoms with Crippen LogP contribution in [0.3, 0.4) is 0 Å². The van der Waals surface area contributed by atoms with Gasteiger partial charge in [-0.1, -0.05) is 24.3 Å². The minimum Gasteiger partial charge on any atom is -0.360 e. The molecule has 4 rings (SSSR count). The zero-order chi connectivity index (χ0) is 11.9. The zero-order valence-electron chi connectivity index (χ0n) is 9.64. The first-order valence-corrected chi connectivity index (χ1v) is 5.95. The maximum Gasteiger partial charge on any atom is 0.140 e. The lowest BCUT2D eigenvalue weighted by molar-refractivity contribution is 0.861. The molecular weight excluding hydrogens is 224 g/mol. The first kappa shape index (κ1) is 9.53. The van der Waals surface area contributed by atoms with Crippen molar-refractivity contribution in [1.82, 2.24) is 9.97 Å². The minimum atomic E-state index is 0.0352. The largest absolute Gasteiger partial charge is 0.360 e. The van der Waals surface area contributed by atoms with E-state index in [1.807, 2.05) is 6.20 Å². The molecule has 0 saturated heterocycles. The number of benzene rings is 2. The Hall–Kier alpha value is -2.49. The smallest absolute Gasteiger partial charge is 0.140 e. The van der Waals surface area contributed by atoms with E-state index in [0.29, 0.717) is 0 Å². The Balaban J connectivity index is 1.89. The third-order valence-corrected chi connectivity index (χ3v) is 3.33. The van der Waals surface area contributed by atoms with E-state index >= 15 is 0 Å². The zero-order valence-corrected chi connectivity index (χ0v) is 9.64. The van der Waals surface area contributed by atoms with Crippen molar-refractivity contribution in [3.05, 3.63) is 54.6 Å². The lowest BCUT2D eigenvalue weighted by atomic mass is 10.0. The van der Waals surface area contributed by atoms with Crippen LogP contribution in [0, 0.1) is 0 Å². The molecule has 1 aromatic heterocycles. The van der Waals surface area contributed by atoms with Gasteiger partial charge in [0.1, 0.15) is 6.17 Å². The van der Waals surface area contributed by atoms with E-state index in [1.165, 1.54) is 10.8 Å². The Bertz CT molecular complexity index is 662. The van der Waals surface area contributed by atoms with Crippen LogP contribution in [0.15, 0.2) is 48.9 Å². The first-order chi connectivity index (χ1) is 8.92. The van der Waals surface area contributed by atoms with Crippen LogP contribution in [0.4, 0.5) is 11.4 Å². The number of aromatic amines is 1. The van der Waals surface area contributed by atoms with Gasteiger partial charge in [0.15, 0.2) is 0 Å². The van der Waals surface area contributed by atoms with Crippen LogP contribution >= 0.6 is 0 Å². The Labute approximate surface area is 104 Å². The molecule has 0 amide bonds. The van der Waals surface area contributed by atoms with Gasteiger partial charge in [0, 0.05) is 16.8 Å². The Morgan fingerprint density at radius 1 is 0.944 bits per heavy atom. The SMILES string of the molecule is c1cc2c3c(cccc3c1)NC(c1cnc[nH]1)N2. The molecule has 0 aliphatic carbocycles. The average molecular weight is 236 g/mol. The lowest BCUT2D eigenvalue weighted by Gasteiger charge is -2.28. The molecule has 4 nitrogen and oxygen atoms in total. The fraction of sp³-hybridized carbons (Fsp3) is 0.0714. The number of hydrogen-bond donors (Lipinski definition) is 3. The highest BCUT2D eigenvalue weighted by molar-refractivity contribution is 6.04. The normalized spacial score (nSPS) is 14.2. The molecule has 0 saturated carbocycles. The van der Waals surface area contributed by atoms with Crippen LogP contribution in [-0.4, -0.2) is 9.97 Å². The summed E-state index contributed by atoms with van der Waals surface area (Å²) in [5, 5.41) is 9.45. The van der Waals surface area contributed by atoms with Crippen molar-refractivity contribution in [1.29, 1.82) is 0 Å². The fourth-order valence-electron chi connectivity index (χ4n) is 2.51. The number of nitrogens with zero attached hydrogens (tertiary/aromatic N) is 1. The van der Waals surface area contributed by atoms with Crippen LogP contribution in [0.2, 0.25) is 0 Å². The molecule has 0 spiro atoms. The quantitative estimate of drug-likeness (QED) is 0.608. The van der Waals surface area contributed by atoms with Crippen LogP contribution in [0.25, 0.3) is 10.8 Å². The molecule has 1 aliphatic heterocycles. The van der Waals surface area contributed by atoms with Gasteiger partial charge in [0.25, 0.3) is 0 Å². The molecule has 0 unspecified atom stereocenters. The Kier molecular flexibility index (Phi) is 1.85. The summed E-state index contributed by atoms with van der Waals surface area (Å²) in [6.07, 6.45) is 3.56. The molecule has 88 valence electrons. The minimum absolute atomic E-state index is 0.0352. The number of imidazole rings is 1. The fourth-order valence-corrected chi connectivity index (χ4v) is 2.51. The lowest BCUT2D eigenvalue weighted by Crippen LogP contribution is -2.23. The van der Waals surface area contributed by atoms with Gasteiger partial charge < -0.3 is 15.6 Å². The van der Waals surface area contributed by atoms with Crippen molar-refractivity contribution < 1.29 is 0 Å². The third-order valence-electron chi connectivity index (χ3n) is 3.33. The average Bonchev–Trinajstić information content (AvgIpc) is 2.93. The van der Waals surface area contributed by atoms with E-state index in [-0.39, 0.29) is 6.17 Å². The van der Waals surface area contributed by atoms with Gasteiger partial charge in [-0.2, -0.15) is 0 Å². The Morgan fingerprint density at radius 2 is 1.67 bits per heavy atom. The summed E-state index contributed by atoms with van der Waals surface area (Å²) < 4.78 is 0. The number of nitrogens with one attached hydrogen (secondary N) is 3. The standard InChI is InChI=1S/C14H12N4/c1-3-9-4-2-6-11-13(9)10(5-1)17-14(18-11)12-7-15-8-16-12/h1-8,14,17-18H,(H,15,16). The van der Waals surface area contributed by atoms with E-state index in [9.17, 15) is 0 Å². The number of hydrogen-bond acceptors (Lipinski definition) is 3. The number of H-pyrrole nitrogens is 1. The molecule has 18 heavy (non-hydrogen) atoms. The molecule has 3 N–H and O–H groups in total. The van der Waals surface area contributed by atoms with Gasteiger partial charge in [0.05, 0.1) is 18.2 Å². The van der Waals surface area contributed by atoms with Crippen LogP contribution in [0.5, 0.6) is 0 Å². The van der Waals surface area contributed by atoms with Crippen molar-refractivity contribution in [3.63, 3.8) is 0 Å². The van der Waals surface area contributed by atoms with Gasteiger partial charge in [-0.05, 0) is 17.5 Å². The van der Waals surface area contributed by atoms with Gasteiger partial charge >= 0.3 is 0 Å². The summed E-state index contributed by atoms with van der Waals surface area (Å²) in [4.78, 5) is 7.20. The molecule has 4 heteroatoms. The summed E-state index contributed by atoms with van der Waals surface area (Å²) in [6, 6.07) is 12.6. The molecule has 0 fully saturated rings. The highest BCUT2D eigenvalue weighted by Crippen LogP contribution is 2.37. The van der Waals surface area contributed by atoms with E-state index in [4.69, 9.17) is 0 Å². The molecule has 2 aromatic carbocycles. The van der Waals surface area contributed by atoms with Crippen LogP contribution < -0.4 is 10.6 Å². The van der Waals surface area contributed by atoms with Gasteiger partial charge in [-0.3, -0.25) is 0 Å². The molecule has 0 radical (unpaired) electrons. The topological polar surface area (TPSA) is 52.7 Å². The van der Waals surface area contributed by atoms with Crippen molar-refractivity contribution in [2.24, 2.45) is 0 Å². The second kappa shape index (κ2) is 3.50. The van der Waals surface area contributed by atoms with Crippen LogP contribution in [-0.2, 0) is 0 Å². The molecule has 3 aromatic rings. The van der Waals surface area contributed by atoms with E-state index in [2.05, 4.69) is 57.0 Å². The summed E-state index contributed by atoms with van der Waals surface area (Å²) in [6.45, 7) is 0. The monoisotopic (exact) mass is 236 g/mol. The second-order valence-electron chi connectivity index (χ2n) is 4.44. The van der Waals surface area contributed by atoms with Crippen molar-refractivity contribution in [3.8, 4) is 0 Å². The van der Waals surface area contributed by atoms with E-state index < -0.39 is 0 Å². The van der Waals surface area contributed by atoms with Crippen molar-refractivity contribution in [2.45, 2.75) is 6.17 Å². The molecule has 0 bridgehead atoms. The maximum atomic E-state index is 4.07. The first-order valence-electron chi connectivity index (χ1n) is 5.95. The molecule has 2 heterocycles. The summed E-state index contributed by atoms with van der Waals surface area (Å²) in [5.41, 5.74) is 3.34. The highest BCUT2D eigenvalue weighted by atomic mass is 15.2. The molecule has 1 aliphatic rings. The summed E-state index contributed by atoms with van der Waals surface area (Å²) in [5.74, 6) is 0. The van der Waals surface area contributed by atoms with Crippen LogP contribution in [0.1, 0.15) is 11.9 Å². The second-order valence-corrected chi connectivity index (χ2v) is 4.44. The van der Waals surface area contributed by atoms with Gasteiger partial charge in [-0.15, -0.1) is 0 Å². The molecular formula is C14H12N4.